The van der Waals surface area contributed by atoms with E-state index >= 15 is 0 Å². The molecule has 1 aromatic heterocycles. The van der Waals surface area contributed by atoms with Crippen molar-refractivity contribution in [3.05, 3.63) is 22.3 Å². The van der Waals surface area contributed by atoms with E-state index in [1.54, 1.807) is 19.4 Å². The minimum absolute atomic E-state index is 0.0948. The van der Waals surface area contributed by atoms with Crippen LogP contribution in [0.3, 0.4) is 0 Å². The van der Waals surface area contributed by atoms with Gasteiger partial charge in [0.25, 0.3) is 0 Å². The van der Waals surface area contributed by atoms with Crippen LogP contribution >= 0.6 is 15.9 Å². The molecule has 1 heterocycles. The van der Waals surface area contributed by atoms with Crippen molar-refractivity contribution in [1.29, 1.82) is 0 Å². The molecule has 7 heteroatoms. The number of nitrogens with zero attached hydrogens (tertiary/aromatic N) is 1. The van der Waals surface area contributed by atoms with Crippen molar-refractivity contribution in [2.24, 2.45) is 0 Å². The van der Waals surface area contributed by atoms with Crippen molar-refractivity contribution in [3.63, 3.8) is 0 Å². The van der Waals surface area contributed by atoms with Crippen LogP contribution in [-0.2, 0) is 14.3 Å². The maximum Gasteiger partial charge on any atom is 0.350 e. The van der Waals surface area contributed by atoms with Crippen molar-refractivity contribution in [2.75, 3.05) is 26.9 Å². The van der Waals surface area contributed by atoms with Gasteiger partial charge in [-0.1, -0.05) is 0 Å². The molecule has 0 saturated heterocycles. The Balaban J connectivity index is 2.74. The highest BCUT2D eigenvalue weighted by atomic mass is 79.9. The van der Waals surface area contributed by atoms with E-state index in [-0.39, 0.29) is 12.5 Å². The Morgan fingerprint density at radius 2 is 2.20 bits per heavy atom. The third-order valence-electron chi connectivity index (χ3n) is 2.61. The summed E-state index contributed by atoms with van der Waals surface area (Å²) < 4.78 is 16.4. The van der Waals surface area contributed by atoms with Gasteiger partial charge in [-0.05, 0) is 35.3 Å². The maximum atomic E-state index is 11.4. The van der Waals surface area contributed by atoms with Crippen LogP contribution in [0.25, 0.3) is 0 Å². The molecule has 0 saturated carbocycles. The fourth-order valence-electron chi connectivity index (χ4n) is 1.34. The van der Waals surface area contributed by atoms with Gasteiger partial charge < -0.3 is 19.3 Å². The summed E-state index contributed by atoms with van der Waals surface area (Å²) in [4.78, 5) is 15.4. The molecule has 1 rings (SSSR count). The number of methoxy groups -OCH3 is 1. The fraction of sp³-hybridized carbons (Fsp3) is 0.538. The Kier molecular flexibility index (Phi) is 6.38. The molecule has 1 atom stereocenters. The average Bonchev–Trinajstić information content (AvgIpc) is 2.39. The van der Waals surface area contributed by atoms with Gasteiger partial charge in [0.1, 0.15) is 0 Å². The molecular weight excluding hydrogens is 330 g/mol. The molecule has 0 spiro atoms. The van der Waals surface area contributed by atoms with Crippen LogP contribution in [0.4, 0.5) is 0 Å². The van der Waals surface area contributed by atoms with Crippen LogP contribution < -0.4 is 4.74 Å². The van der Waals surface area contributed by atoms with Crippen molar-refractivity contribution < 1.29 is 24.1 Å². The second-order valence-electron chi connectivity index (χ2n) is 4.46. The predicted octanol–water partition coefficient (Wildman–Crippen LogP) is 2.04. The average molecular weight is 348 g/mol. The molecule has 6 nitrogen and oxygen atoms in total. The molecule has 0 aliphatic heterocycles. The summed E-state index contributed by atoms with van der Waals surface area (Å²) in [6.45, 7) is 3.91. The van der Waals surface area contributed by atoms with Crippen LogP contribution in [0.2, 0.25) is 0 Å². The summed E-state index contributed by atoms with van der Waals surface area (Å²) >= 11 is 3.32. The summed E-state index contributed by atoms with van der Waals surface area (Å²) in [5.74, 6) is -0.872. The van der Waals surface area contributed by atoms with Crippen molar-refractivity contribution in [2.45, 2.75) is 19.4 Å². The number of ether oxygens (including phenoxy) is 3. The van der Waals surface area contributed by atoms with E-state index in [1.807, 2.05) is 6.92 Å². The summed E-state index contributed by atoms with van der Waals surface area (Å²) in [6.07, 6.45) is 1.57. The van der Waals surface area contributed by atoms with E-state index in [2.05, 4.69) is 20.9 Å². The van der Waals surface area contributed by atoms with Crippen LogP contribution in [0.1, 0.15) is 12.5 Å². The molecule has 0 bridgehead atoms. The zero-order valence-electron chi connectivity index (χ0n) is 11.7. The molecule has 0 amide bonds. The maximum absolute atomic E-state index is 11.4. The first-order valence-electron chi connectivity index (χ1n) is 6.00. The predicted molar refractivity (Wildman–Crippen MR) is 76.0 cm³/mol. The summed E-state index contributed by atoms with van der Waals surface area (Å²) in [5.41, 5.74) is -0.593. The van der Waals surface area contributed by atoms with Gasteiger partial charge in [0.05, 0.1) is 19.8 Å². The first-order chi connectivity index (χ1) is 9.39. The van der Waals surface area contributed by atoms with E-state index < -0.39 is 11.6 Å². The molecule has 0 aliphatic rings. The first-order valence-corrected chi connectivity index (χ1v) is 6.79. The molecule has 0 radical (unpaired) electrons. The number of rotatable bonds is 8. The van der Waals surface area contributed by atoms with Gasteiger partial charge in [0, 0.05) is 23.8 Å². The zero-order valence-corrected chi connectivity index (χ0v) is 13.3. The van der Waals surface area contributed by atoms with Crippen molar-refractivity contribution in [3.8, 4) is 5.88 Å². The highest BCUT2D eigenvalue weighted by Gasteiger charge is 2.36. The molecule has 1 N–H and O–H groups in total. The third-order valence-corrected chi connectivity index (χ3v) is 3.44. The molecule has 0 aliphatic carbocycles. The molecule has 0 aromatic carbocycles. The quantitative estimate of drug-likeness (QED) is 0.725. The number of halogens is 1. The molecule has 1 aromatic rings. The lowest BCUT2D eigenvalue weighted by Crippen LogP contribution is -2.46. The monoisotopic (exact) mass is 347 g/mol. The SMILES string of the molecule is COCCOCC(C)(Oc1cc(C)c(Br)cn1)C(=O)O. The van der Waals surface area contributed by atoms with Crippen LogP contribution in [0, 0.1) is 6.92 Å². The van der Waals surface area contributed by atoms with Crippen LogP contribution in [0.5, 0.6) is 5.88 Å². The number of aryl methyl sites for hydroxylation is 1. The Hall–Kier alpha value is -1.18. The number of aliphatic carboxylic acids is 1. The summed E-state index contributed by atoms with van der Waals surface area (Å²) in [6, 6.07) is 1.67. The lowest BCUT2D eigenvalue weighted by atomic mass is 10.1. The van der Waals surface area contributed by atoms with Gasteiger partial charge in [-0.3, -0.25) is 0 Å². The Labute approximate surface area is 126 Å². The molecule has 0 fully saturated rings. The number of carboxylic acid groups (broad SMARTS) is 1. The lowest BCUT2D eigenvalue weighted by Gasteiger charge is -2.25. The normalized spacial score (nSPS) is 13.8. The van der Waals surface area contributed by atoms with E-state index in [0.717, 1.165) is 10.0 Å². The highest BCUT2D eigenvalue weighted by Crippen LogP contribution is 2.22. The Morgan fingerprint density at radius 3 is 2.75 bits per heavy atom. The molecule has 112 valence electrons. The van der Waals surface area contributed by atoms with Gasteiger partial charge in [-0.15, -0.1) is 0 Å². The largest absolute Gasteiger partial charge is 0.478 e. The standard InChI is InChI=1S/C13H18BrNO5/c1-9-6-11(15-7-10(9)14)20-13(2,12(16)17)8-19-5-4-18-3/h6-7H,4-5,8H2,1-3H3,(H,16,17). The number of carboxylic acids is 1. The summed E-state index contributed by atoms with van der Waals surface area (Å²) in [5, 5.41) is 9.30. The minimum Gasteiger partial charge on any atom is -0.478 e. The van der Waals surface area contributed by atoms with Crippen molar-refractivity contribution >= 4 is 21.9 Å². The molecule has 1 unspecified atom stereocenters. The smallest absolute Gasteiger partial charge is 0.350 e. The first kappa shape index (κ1) is 16.9. The van der Waals surface area contributed by atoms with Gasteiger partial charge in [-0.25, -0.2) is 9.78 Å². The van der Waals surface area contributed by atoms with Gasteiger partial charge in [0.15, 0.2) is 0 Å². The topological polar surface area (TPSA) is 77.9 Å². The minimum atomic E-state index is -1.50. The lowest BCUT2D eigenvalue weighted by molar-refractivity contribution is -0.159. The number of hydrogen-bond donors (Lipinski definition) is 1. The van der Waals surface area contributed by atoms with Gasteiger partial charge >= 0.3 is 5.97 Å². The van der Waals surface area contributed by atoms with E-state index in [9.17, 15) is 9.90 Å². The van der Waals surface area contributed by atoms with Crippen LogP contribution in [-0.4, -0.2) is 48.6 Å². The Morgan fingerprint density at radius 1 is 1.50 bits per heavy atom. The van der Waals surface area contributed by atoms with E-state index in [1.165, 1.54) is 6.92 Å². The number of hydrogen-bond acceptors (Lipinski definition) is 5. The third kappa shape index (κ3) is 4.73. The molecular formula is C13H18BrNO5. The number of pyridine rings is 1. The van der Waals surface area contributed by atoms with E-state index in [4.69, 9.17) is 14.2 Å². The zero-order chi connectivity index (χ0) is 15.2. The van der Waals surface area contributed by atoms with Gasteiger partial charge in [-0.2, -0.15) is 0 Å². The number of carbonyl (C=O) groups is 1. The second kappa shape index (κ2) is 7.56. The van der Waals surface area contributed by atoms with Crippen molar-refractivity contribution in [1.82, 2.24) is 4.98 Å². The second-order valence-corrected chi connectivity index (χ2v) is 5.31. The fourth-order valence-corrected chi connectivity index (χ4v) is 1.56. The van der Waals surface area contributed by atoms with Gasteiger partial charge in [0.2, 0.25) is 11.5 Å². The molecule has 20 heavy (non-hydrogen) atoms. The van der Waals surface area contributed by atoms with E-state index in [0.29, 0.717) is 13.2 Å². The summed E-state index contributed by atoms with van der Waals surface area (Å²) in [7, 11) is 1.55. The highest BCUT2D eigenvalue weighted by molar-refractivity contribution is 9.10. The number of aromatic nitrogens is 1. The Bertz CT molecular complexity index is 468. The van der Waals surface area contributed by atoms with Crippen LogP contribution in [0.15, 0.2) is 16.7 Å².